The molecule has 0 saturated carbocycles. The Morgan fingerprint density at radius 1 is 0.625 bits per heavy atom. The Labute approximate surface area is 159 Å². The molecule has 1 aliphatic heterocycles. The summed E-state index contributed by atoms with van der Waals surface area (Å²) in [7, 11) is 0. The van der Waals surface area contributed by atoms with Crippen LogP contribution in [-0.4, -0.2) is 13.2 Å². The first-order chi connectivity index (χ1) is 10.9. The van der Waals surface area contributed by atoms with Crippen molar-refractivity contribution in [1.29, 1.82) is 0 Å². The number of benzene rings is 2. The minimum absolute atomic E-state index is 0. The summed E-state index contributed by atoms with van der Waals surface area (Å²) in [5.41, 5.74) is 7.56. The van der Waals surface area contributed by atoms with E-state index in [0.717, 1.165) is 13.2 Å². The van der Waals surface area contributed by atoms with E-state index in [1.807, 2.05) is 0 Å². The van der Waals surface area contributed by atoms with Crippen molar-refractivity contribution in [2.45, 2.75) is 54.4 Å². The van der Waals surface area contributed by atoms with Gasteiger partial charge in [0, 0.05) is 13.2 Å². The minimum Gasteiger partial charge on any atom is -0.381 e. The first-order valence-electron chi connectivity index (χ1n) is 8.39. The molecule has 0 aromatic heterocycles. The standard InChI is InChI=1S/2C9H11.C4H8O.Cr/c2*1-7-4-8(2)6-9(3)5-7;1-2-4-5-3-1;/h2*4-5H,1-3H3;1-4H2;/q2*-1;;+2. The number of aryl methyl sites for hydroxylation is 6. The Balaban J connectivity index is 0.000000337. The van der Waals surface area contributed by atoms with E-state index in [1.54, 1.807) is 0 Å². The van der Waals surface area contributed by atoms with Crippen LogP contribution in [0.1, 0.15) is 46.2 Å². The van der Waals surface area contributed by atoms with Crippen LogP contribution >= 0.6 is 0 Å². The summed E-state index contributed by atoms with van der Waals surface area (Å²) in [5.74, 6) is 0. The molecular formula is C22H30CrO. The van der Waals surface area contributed by atoms with Gasteiger partial charge in [0.1, 0.15) is 0 Å². The van der Waals surface area contributed by atoms with Crippen molar-refractivity contribution in [3.63, 3.8) is 0 Å². The van der Waals surface area contributed by atoms with Gasteiger partial charge in [-0.2, -0.15) is 69.8 Å². The summed E-state index contributed by atoms with van der Waals surface area (Å²) in [5, 5.41) is 0. The molecule has 0 radical (unpaired) electrons. The topological polar surface area (TPSA) is 9.23 Å². The zero-order valence-corrected chi connectivity index (χ0v) is 17.2. The van der Waals surface area contributed by atoms with Crippen LogP contribution in [0.3, 0.4) is 0 Å². The summed E-state index contributed by atoms with van der Waals surface area (Å²) < 4.78 is 4.94. The number of hydrogen-bond acceptors (Lipinski definition) is 1. The van der Waals surface area contributed by atoms with Crippen molar-refractivity contribution in [2.24, 2.45) is 0 Å². The van der Waals surface area contributed by atoms with Crippen LogP contribution < -0.4 is 0 Å². The maximum absolute atomic E-state index is 4.94. The quantitative estimate of drug-likeness (QED) is 0.553. The first kappa shape index (κ1) is 22.9. The molecular weight excluding hydrogens is 332 g/mol. The van der Waals surface area contributed by atoms with Gasteiger partial charge in [-0.05, 0) is 12.8 Å². The minimum atomic E-state index is 0. The molecule has 0 bridgehead atoms. The van der Waals surface area contributed by atoms with E-state index in [1.165, 1.54) is 46.2 Å². The molecule has 2 heteroatoms. The van der Waals surface area contributed by atoms with Gasteiger partial charge in [-0.1, -0.05) is 41.5 Å². The molecule has 0 spiro atoms. The molecule has 0 amide bonds. The fraction of sp³-hybridized carbons (Fsp3) is 0.455. The van der Waals surface area contributed by atoms with Crippen molar-refractivity contribution in [3.8, 4) is 0 Å². The van der Waals surface area contributed by atoms with Gasteiger partial charge >= 0.3 is 17.4 Å². The van der Waals surface area contributed by atoms with Gasteiger partial charge in [0.25, 0.3) is 0 Å². The van der Waals surface area contributed by atoms with E-state index in [-0.39, 0.29) is 17.4 Å². The monoisotopic (exact) mass is 362 g/mol. The SMILES string of the molecule is C1CCOC1.Cc1[c-]c(C)cc(C)c1.Cc1[c-]c(C)cc(C)c1.[Cr+2]. The van der Waals surface area contributed by atoms with Crippen molar-refractivity contribution in [2.75, 3.05) is 13.2 Å². The van der Waals surface area contributed by atoms with Gasteiger partial charge in [0.15, 0.2) is 0 Å². The molecule has 1 saturated heterocycles. The number of ether oxygens (including phenoxy) is 1. The second-order valence-corrected chi connectivity index (χ2v) is 6.37. The van der Waals surface area contributed by atoms with Gasteiger partial charge in [0.2, 0.25) is 0 Å². The largest absolute Gasteiger partial charge is 2.00 e. The summed E-state index contributed by atoms with van der Waals surface area (Å²) in [4.78, 5) is 0. The third-order valence-electron chi connectivity index (χ3n) is 3.39. The Kier molecular flexibility index (Phi) is 11.8. The van der Waals surface area contributed by atoms with Gasteiger partial charge in [0.05, 0.1) is 0 Å². The van der Waals surface area contributed by atoms with Crippen LogP contribution in [0.5, 0.6) is 0 Å². The Bertz CT molecular complexity index is 443. The maximum Gasteiger partial charge on any atom is 2.00 e. The van der Waals surface area contributed by atoms with Gasteiger partial charge < -0.3 is 4.74 Å². The van der Waals surface area contributed by atoms with Crippen LogP contribution in [0.25, 0.3) is 0 Å². The van der Waals surface area contributed by atoms with Crippen molar-refractivity contribution in [3.05, 3.63) is 69.8 Å². The predicted molar refractivity (Wildman–Crippen MR) is 99.0 cm³/mol. The smallest absolute Gasteiger partial charge is 0.381 e. The zero-order chi connectivity index (χ0) is 17.2. The molecule has 0 N–H and O–H groups in total. The van der Waals surface area contributed by atoms with E-state index in [2.05, 4.69) is 77.9 Å². The van der Waals surface area contributed by atoms with E-state index in [4.69, 9.17) is 4.74 Å². The molecule has 2 aromatic carbocycles. The fourth-order valence-corrected chi connectivity index (χ4v) is 2.73. The Morgan fingerprint density at radius 2 is 0.917 bits per heavy atom. The molecule has 0 aliphatic carbocycles. The summed E-state index contributed by atoms with van der Waals surface area (Å²) in [6, 6.07) is 14.9. The van der Waals surface area contributed by atoms with Crippen molar-refractivity contribution in [1.82, 2.24) is 0 Å². The van der Waals surface area contributed by atoms with E-state index in [0.29, 0.717) is 0 Å². The fourth-order valence-electron chi connectivity index (χ4n) is 2.73. The van der Waals surface area contributed by atoms with Crippen molar-refractivity contribution < 1.29 is 22.1 Å². The summed E-state index contributed by atoms with van der Waals surface area (Å²) in [6.45, 7) is 14.5. The molecule has 24 heavy (non-hydrogen) atoms. The molecule has 1 fully saturated rings. The Hall–Kier alpha value is -1.07. The van der Waals surface area contributed by atoms with Crippen LogP contribution in [0.15, 0.2) is 24.3 Å². The number of rotatable bonds is 0. The maximum atomic E-state index is 4.94. The van der Waals surface area contributed by atoms with Crippen LogP contribution in [0, 0.1) is 53.7 Å². The molecule has 1 heterocycles. The predicted octanol–water partition coefficient (Wildman–Crippen LogP) is 5.62. The van der Waals surface area contributed by atoms with Crippen LogP contribution in [0.2, 0.25) is 0 Å². The third kappa shape index (κ3) is 10.7. The molecule has 0 atom stereocenters. The van der Waals surface area contributed by atoms with Crippen molar-refractivity contribution >= 4 is 0 Å². The second kappa shape index (κ2) is 12.3. The van der Waals surface area contributed by atoms with Gasteiger partial charge in [-0.15, -0.1) is 0 Å². The second-order valence-electron chi connectivity index (χ2n) is 6.37. The Morgan fingerprint density at radius 3 is 1.08 bits per heavy atom. The zero-order valence-electron chi connectivity index (χ0n) is 16.0. The van der Waals surface area contributed by atoms with Gasteiger partial charge in [-0.3, -0.25) is 0 Å². The third-order valence-corrected chi connectivity index (χ3v) is 3.39. The van der Waals surface area contributed by atoms with E-state index < -0.39 is 0 Å². The summed E-state index contributed by atoms with van der Waals surface area (Å²) >= 11 is 0. The molecule has 1 aliphatic rings. The first-order valence-corrected chi connectivity index (χ1v) is 8.39. The average Bonchev–Trinajstić information content (AvgIpc) is 2.94. The summed E-state index contributed by atoms with van der Waals surface area (Å²) in [6.07, 6.45) is 2.56. The average molecular weight is 362 g/mol. The normalized spacial score (nSPS) is 12.2. The van der Waals surface area contributed by atoms with E-state index in [9.17, 15) is 0 Å². The molecule has 3 rings (SSSR count). The molecule has 2 aromatic rings. The van der Waals surface area contributed by atoms with Gasteiger partial charge in [-0.25, -0.2) is 0 Å². The molecule has 1 nitrogen and oxygen atoms in total. The van der Waals surface area contributed by atoms with Crippen LogP contribution in [-0.2, 0) is 22.1 Å². The number of hydrogen-bond donors (Lipinski definition) is 0. The van der Waals surface area contributed by atoms with E-state index >= 15 is 0 Å². The molecule has 130 valence electrons. The molecule has 0 unspecified atom stereocenters. The van der Waals surface area contributed by atoms with Crippen LogP contribution in [0.4, 0.5) is 0 Å².